The van der Waals surface area contributed by atoms with E-state index in [4.69, 9.17) is 15.2 Å². The second-order valence-electron chi connectivity index (χ2n) is 5.66. The summed E-state index contributed by atoms with van der Waals surface area (Å²) in [7, 11) is 1.57. The van der Waals surface area contributed by atoms with Crippen molar-refractivity contribution in [1.29, 1.82) is 0 Å². The lowest BCUT2D eigenvalue weighted by atomic mass is 10.2. The molecular weight excluding hydrogens is 362 g/mol. The number of anilines is 2. The van der Waals surface area contributed by atoms with E-state index in [2.05, 4.69) is 15.4 Å². The molecule has 0 radical (unpaired) electrons. The second-order valence-corrected chi connectivity index (χ2v) is 5.66. The van der Waals surface area contributed by atoms with Crippen LogP contribution < -0.4 is 15.8 Å². The largest absolute Gasteiger partial charge is 0.497 e. The number of hydrogen-bond acceptors (Lipinski definition) is 7. The number of aromatic nitrogens is 3. The molecule has 0 aliphatic rings. The van der Waals surface area contributed by atoms with Crippen molar-refractivity contribution in [2.75, 3.05) is 24.8 Å². The molecule has 3 rings (SSSR count). The third kappa shape index (κ3) is 3.93. The number of carbonyl (C=O) groups is 2. The lowest BCUT2D eigenvalue weighted by Gasteiger charge is -2.08. The van der Waals surface area contributed by atoms with Crippen LogP contribution in [-0.4, -0.2) is 40.4 Å². The Morgan fingerprint density at radius 1 is 1.14 bits per heavy atom. The summed E-state index contributed by atoms with van der Waals surface area (Å²) >= 11 is 0. The highest BCUT2D eigenvalue weighted by atomic mass is 16.5. The van der Waals surface area contributed by atoms with Crippen molar-refractivity contribution < 1.29 is 19.1 Å². The number of ether oxygens (including phenoxy) is 2. The fourth-order valence-corrected chi connectivity index (χ4v) is 2.43. The standard InChI is InChI=1S/C19H19N5O4/c1-3-28-19(26)15-11-22-24(17(15)20)16-9-4-12(10-21-16)18(25)23-13-5-7-14(27-2)8-6-13/h4-11H,3,20H2,1-2H3,(H,23,25). The average Bonchev–Trinajstić information content (AvgIpc) is 3.10. The van der Waals surface area contributed by atoms with Crippen LogP contribution in [0, 0.1) is 0 Å². The molecule has 0 unspecified atom stereocenters. The van der Waals surface area contributed by atoms with Crippen molar-refractivity contribution in [3.8, 4) is 11.6 Å². The summed E-state index contributed by atoms with van der Waals surface area (Å²) in [6, 6.07) is 10.1. The summed E-state index contributed by atoms with van der Waals surface area (Å²) in [6.07, 6.45) is 2.72. The number of amides is 1. The number of nitrogen functional groups attached to an aromatic ring is 1. The van der Waals surface area contributed by atoms with E-state index in [1.165, 1.54) is 17.1 Å². The molecule has 144 valence electrons. The van der Waals surface area contributed by atoms with E-state index < -0.39 is 5.97 Å². The first kappa shape index (κ1) is 18.9. The van der Waals surface area contributed by atoms with Crippen LogP contribution in [0.3, 0.4) is 0 Å². The van der Waals surface area contributed by atoms with Gasteiger partial charge in [-0.05, 0) is 43.3 Å². The highest BCUT2D eigenvalue weighted by Gasteiger charge is 2.18. The minimum absolute atomic E-state index is 0.112. The number of nitrogens with zero attached hydrogens (tertiary/aromatic N) is 3. The van der Waals surface area contributed by atoms with Gasteiger partial charge in [0.25, 0.3) is 5.91 Å². The zero-order chi connectivity index (χ0) is 20.1. The van der Waals surface area contributed by atoms with Gasteiger partial charge in [-0.25, -0.2) is 9.78 Å². The van der Waals surface area contributed by atoms with Gasteiger partial charge < -0.3 is 20.5 Å². The molecule has 9 nitrogen and oxygen atoms in total. The number of hydrogen-bond donors (Lipinski definition) is 2. The fourth-order valence-electron chi connectivity index (χ4n) is 2.43. The third-order valence-electron chi connectivity index (χ3n) is 3.88. The SMILES string of the molecule is CCOC(=O)c1cnn(-c2ccc(C(=O)Nc3ccc(OC)cc3)cn2)c1N. The zero-order valence-corrected chi connectivity index (χ0v) is 15.4. The van der Waals surface area contributed by atoms with Gasteiger partial charge in [-0.3, -0.25) is 4.79 Å². The van der Waals surface area contributed by atoms with Gasteiger partial charge in [0.2, 0.25) is 0 Å². The highest BCUT2D eigenvalue weighted by molar-refractivity contribution is 6.04. The normalized spacial score (nSPS) is 10.4. The first-order valence-corrected chi connectivity index (χ1v) is 8.46. The highest BCUT2D eigenvalue weighted by Crippen LogP contribution is 2.18. The number of benzene rings is 1. The molecule has 0 atom stereocenters. The smallest absolute Gasteiger partial charge is 0.343 e. The van der Waals surface area contributed by atoms with E-state index in [0.29, 0.717) is 22.8 Å². The minimum Gasteiger partial charge on any atom is -0.497 e. The molecule has 0 saturated carbocycles. The monoisotopic (exact) mass is 381 g/mol. The van der Waals surface area contributed by atoms with Gasteiger partial charge in [0.15, 0.2) is 5.82 Å². The van der Waals surface area contributed by atoms with Gasteiger partial charge in [0.1, 0.15) is 17.1 Å². The van der Waals surface area contributed by atoms with Crippen LogP contribution >= 0.6 is 0 Å². The average molecular weight is 381 g/mol. The second kappa shape index (κ2) is 8.21. The van der Waals surface area contributed by atoms with Gasteiger partial charge >= 0.3 is 5.97 Å². The molecule has 3 aromatic rings. The van der Waals surface area contributed by atoms with E-state index in [-0.39, 0.29) is 23.9 Å². The maximum Gasteiger partial charge on any atom is 0.343 e. The molecule has 0 aliphatic carbocycles. The summed E-state index contributed by atoms with van der Waals surface area (Å²) in [5, 5.41) is 6.83. The number of rotatable bonds is 6. The van der Waals surface area contributed by atoms with E-state index in [9.17, 15) is 9.59 Å². The van der Waals surface area contributed by atoms with Crippen molar-refractivity contribution in [3.63, 3.8) is 0 Å². The molecule has 0 bridgehead atoms. The van der Waals surface area contributed by atoms with Crippen LogP contribution in [-0.2, 0) is 4.74 Å². The van der Waals surface area contributed by atoms with Gasteiger partial charge in [-0.2, -0.15) is 9.78 Å². The molecule has 9 heteroatoms. The van der Waals surface area contributed by atoms with Crippen LogP contribution in [0.5, 0.6) is 5.75 Å². The third-order valence-corrected chi connectivity index (χ3v) is 3.88. The molecule has 2 aromatic heterocycles. The summed E-state index contributed by atoms with van der Waals surface area (Å²) in [6.45, 7) is 1.94. The van der Waals surface area contributed by atoms with E-state index in [0.717, 1.165) is 0 Å². The summed E-state index contributed by atoms with van der Waals surface area (Å²) in [4.78, 5) is 28.4. The fraction of sp³-hybridized carbons (Fsp3) is 0.158. The Bertz CT molecular complexity index is 981. The zero-order valence-electron chi connectivity index (χ0n) is 15.4. The topological polar surface area (TPSA) is 121 Å². The molecule has 3 N–H and O–H groups in total. The number of nitrogens with two attached hydrogens (primary N) is 1. The van der Waals surface area contributed by atoms with Crippen LogP contribution in [0.4, 0.5) is 11.5 Å². The van der Waals surface area contributed by atoms with Crippen molar-refractivity contribution in [1.82, 2.24) is 14.8 Å². The summed E-state index contributed by atoms with van der Waals surface area (Å²) in [5.74, 6) is 0.310. The lowest BCUT2D eigenvalue weighted by Crippen LogP contribution is -2.13. The number of pyridine rings is 1. The predicted octanol–water partition coefficient (Wildman–Crippen LogP) is 2.29. The van der Waals surface area contributed by atoms with Gasteiger partial charge in [-0.15, -0.1) is 0 Å². The molecule has 0 fully saturated rings. The molecular formula is C19H19N5O4. The van der Waals surface area contributed by atoms with Crippen molar-refractivity contribution in [3.05, 3.63) is 59.9 Å². The number of methoxy groups -OCH3 is 1. The molecule has 28 heavy (non-hydrogen) atoms. The van der Waals surface area contributed by atoms with Gasteiger partial charge in [0.05, 0.1) is 25.5 Å². The molecule has 0 aliphatic heterocycles. The maximum atomic E-state index is 12.4. The van der Waals surface area contributed by atoms with Crippen LogP contribution in [0.1, 0.15) is 27.6 Å². The Morgan fingerprint density at radius 2 is 1.89 bits per heavy atom. The number of esters is 1. The number of carbonyl (C=O) groups excluding carboxylic acids is 2. The van der Waals surface area contributed by atoms with Crippen LogP contribution in [0.2, 0.25) is 0 Å². The molecule has 0 spiro atoms. The Morgan fingerprint density at radius 3 is 2.50 bits per heavy atom. The quantitative estimate of drug-likeness (QED) is 0.628. The first-order chi connectivity index (χ1) is 13.5. The van der Waals surface area contributed by atoms with E-state index in [1.807, 2.05) is 0 Å². The first-order valence-electron chi connectivity index (χ1n) is 8.46. The van der Waals surface area contributed by atoms with E-state index >= 15 is 0 Å². The lowest BCUT2D eigenvalue weighted by molar-refractivity contribution is 0.0527. The summed E-state index contributed by atoms with van der Waals surface area (Å²) < 4.78 is 11.3. The minimum atomic E-state index is -0.554. The Kier molecular flexibility index (Phi) is 5.54. The summed E-state index contributed by atoms with van der Waals surface area (Å²) in [5.41, 5.74) is 7.10. The predicted molar refractivity (Wildman–Crippen MR) is 103 cm³/mol. The van der Waals surface area contributed by atoms with Crippen LogP contribution in [0.15, 0.2) is 48.8 Å². The molecule has 1 aromatic carbocycles. The molecule has 0 saturated heterocycles. The Hall–Kier alpha value is -3.88. The Labute approximate surface area is 161 Å². The Balaban J connectivity index is 1.74. The van der Waals surface area contributed by atoms with Crippen molar-refractivity contribution >= 4 is 23.4 Å². The van der Waals surface area contributed by atoms with Gasteiger partial charge in [0, 0.05) is 11.9 Å². The van der Waals surface area contributed by atoms with E-state index in [1.54, 1.807) is 50.4 Å². The number of nitrogens with one attached hydrogen (secondary N) is 1. The van der Waals surface area contributed by atoms with Gasteiger partial charge in [-0.1, -0.05) is 0 Å². The van der Waals surface area contributed by atoms with Crippen molar-refractivity contribution in [2.24, 2.45) is 0 Å². The maximum absolute atomic E-state index is 12.4. The molecule has 1 amide bonds. The molecule has 2 heterocycles. The van der Waals surface area contributed by atoms with Crippen molar-refractivity contribution in [2.45, 2.75) is 6.92 Å². The van der Waals surface area contributed by atoms with Crippen LogP contribution in [0.25, 0.3) is 5.82 Å².